The highest BCUT2D eigenvalue weighted by molar-refractivity contribution is 5.94. The molecule has 2 aliphatic heterocycles. The fourth-order valence-corrected chi connectivity index (χ4v) is 5.62. The van der Waals surface area contributed by atoms with E-state index in [0.29, 0.717) is 51.6 Å². The van der Waals surface area contributed by atoms with Gasteiger partial charge in [-0.3, -0.25) is 19.2 Å². The Morgan fingerprint density at radius 2 is 1.48 bits per heavy atom. The number of hydrogen-bond donors (Lipinski definition) is 4. The third kappa shape index (κ3) is 8.08. The van der Waals surface area contributed by atoms with Crippen molar-refractivity contribution >= 4 is 29.6 Å². The zero-order valence-electron chi connectivity index (χ0n) is 23.5. The fourth-order valence-electron chi connectivity index (χ4n) is 5.62. The lowest BCUT2D eigenvalue weighted by Gasteiger charge is -2.27. The minimum atomic E-state index is -1.07. The van der Waals surface area contributed by atoms with Gasteiger partial charge in [-0.25, -0.2) is 4.79 Å². The maximum absolute atomic E-state index is 13.4. The van der Waals surface area contributed by atoms with Crippen LogP contribution in [-0.2, 0) is 36.8 Å². The summed E-state index contributed by atoms with van der Waals surface area (Å²) in [6, 6.07) is 13.4. The largest absolute Gasteiger partial charge is 0.508 e. The molecule has 0 unspecified atom stereocenters. The number of nitrogens with one attached hydrogen (secondary N) is 2. The third-order valence-electron chi connectivity index (χ3n) is 7.86. The zero-order valence-corrected chi connectivity index (χ0v) is 23.5. The number of carboxylic acid groups (broad SMARTS) is 1. The van der Waals surface area contributed by atoms with Crippen LogP contribution in [0.1, 0.15) is 49.7 Å². The Hall–Kier alpha value is -4.41. The predicted octanol–water partition coefficient (Wildman–Crippen LogP) is 1.63. The van der Waals surface area contributed by atoms with E-state index >= 15 is 0 Å². The molecule has 4 amide bonds. The number of phenolic OH excluding ortho intramolecular Hbond substituents is 1. The monoisotopic (exact) mass is 578 g/mol. The molecule has 0 aliphatic carbocycles. The second kappa shape index (κ2) is 14.5. The van der Waals surface area contributed by atoms with E-state index in [4.69, 9.17) is 0 Å². The summed E-state index contributed by atoms with van der Waals surface area (Å²) in [5.41, 5.74) is 1.82. The quantitative estimate of drug-likeness (QED) is 0.298. The van der Waals surface area contributed by atoms with Gasteiger partial charge in [0.1, 0.15) is 23.9 Å². The van der Waals surface area contributed by atoms with Crippen LogP contribution in [0.5, 0.6) is 5.75 Å². The normalized spacial score (nSPS) is 18.9. The maximum atomic E-state index is 13.4. The van der Waals surface area contributed by atoms with Crippen LogP contribution in [0.3, 0.4) is 0 Å². The molecular weight excluding hydrogens is 540 g/mol. The van der Waals surface area contributed by atoms with Gasteiger partial charge in [0.2, 0.25) is 23.6 Å². The number of hydrogen-bond acceptors (Lipinski definition) is 6. The molecule has 0 radical (unpaired) electrons. The van der Waals surface area contributed by atoms with Gasteiger partial charge in [0.25, 0.3) is 0 Å². The number of aromatic hydroxyl groups is 1. The molecule has 0 saturated carbocycles. The number of aryl methyl sites for hydroxylation is 1. The lowest BCUT2D eigenvalue weighted by molar-refractivity contribution is -0.148. The van der Waals surface area contributed by atoms with Crippen LogP contribution in [0.15, 0.2) is 54.6 Å². The Balaban J connectivity index is 1.35. The summed E-state index contributed by atoms with van der Waals surface area (Å²) >= 11 is 0. The molecule has 11 heteroatoms. The molecule has 2 aromatic rings. The van der Waals surface area contributed by atoms with Gasteiger partial charge >= 0.3 is 5.97 Å². The van der Waals surface area contributed by atoms with Crippen LogP contribution in [0.25, 0.3) is 0 Å². The molecule has 2 aromatic carbocycles. The maximum Gasteiger partial charge on any atom is 0.326 e. The van der Waals surface area contributed by atoms with Crippen LogP contribution in [0.2, 0.25) is 0 Å². The Bertz CT molecular complexity index is 1270. The lowest BCUT2D eigenvalue weighted by Crippen LogP contribution is -2.55. The average Bonchev–Trinajstić information content (AvgIpc) is 3.68. The van der Waals surface area contributed by atoms with E-state index in [2.05, 4.69) is 10.6 Å². The van der Waals surface area contributed by atoms with Crippen LogP contribution >= 0.6 is 0 Å². The SMILES string of the molecule is O=C(NCC(=O)N1CCC[C@H]1C(=O)O)[C@@H](Cc1ccccc1)NC(=O)[C@@H]1CCCN1C(=O)CCCc1ccc(O)cc1. The summed E-state index contributed by atoms with van der Waals surface area (Å²) in [5, 5.41) is 24.2. The zero-order chi connectivity index (χ0) is 30.1. The number of rotatable bonds is 12. The molecule has 0 bridgehead atoms. The van der Waals surface area contributed by atoms with Crippen LogP contribution < -0.4 is 10.6 Å². The number of phenols is 1. The first-order valence-electron chi connectivity index (χ1n) is 14.4. The van der Waals surface area contributed by atoms with Crippen molar-refractivity contribution in [2.75, 3.05) is 19.6 Å². The van der Waals surface area contributed by atoms with Crippen molar-refractivity contribution in [2.45, 2.75) is 69.5 Å². The molecule has 42 heavy (non-hydrogen) atoms. The van der Waals surface area contributed by atoms with Crippen molar-refractivity contribution in [2.24, 2.45) is 0 Å². The van der Waals surface area contributed by atoms with Gasteiger partial charge in [-0.1, -0.05) is 42.5 Å². The van der Waals surface area contributed by atoms with Gasteiger partial charge in [-0.2, -0.15) is 0 Å². The number of carbonyl (C=O) groups excluding carboxylic acids is 4. The molecule has 2 heterocycles. The summed E-state index contributed by atoms with van der Waals surface area (Å²) in [7, 11) is 0. The molecule has 3 atom stereocenters. The molecule has 2 aliphatic rings. The molecule has 2 fully saturated rings. The average molecular weight is 579 g/mol. The molecular formula is C31H38N4O7. The molecule has 11 nitrogen and oxygen atoms in total. The van der Waals surface area contributed by atoms with Gasteiger partial charge < -0.3 is 30.6 Å². The Morgan fingerprint density at radius 3 is 2.14 bits per heavy atom. The van der Waals surface area contributed by atoms with Gasteiger partial charge in [0.05, 0.1) is 6.54 Å². The van der Waals surface area contributed by atoms with Gasteiger partial charge in [0.15, 0.2) is 0 Å². The van der Waals surface area contributed by atoms with E-state index in [1.807, 2.05) is 42.5 Å². The molecule has 4 N–H and O–H groups in total. The standard InChI is InChI=1S/C31H38N4O7/c36-23-15-13-21(14-16-23)9-4-12-27(37)34-17-5-10-25(34)30(40)33-24(19-22-7-2-1-3-8-22)29(39)32-20-28(38)35-18-6-11-26(35)31(41)42/h1-3,7-8,13-16,24-26,36H,4-6,9-12,17-20H2,(H,32,39)(H,33,40)(H,41,42)/t24-,25+,26+/m1/s1. The molecule has 224 valence electrons. The minimum Gasteiger partial charge on any atom is -0.508 e. The van der Waals surface area contributed by atoms with Crippen molar-refractivity contribution in [3.63, 3.8) is 0 Å². The van der Waals surface area contributed by atoms with Crippen LogP contribution in [0.4, 0.5) is 0 Å². The molecule has 0 aromatic heterocycles. The first kappa shape index (κ1) is 30.5. The highest BCUT2D eigenvalue weighted by Crippen LogP contribution is 2.21. The number of carboxylic acids is 1. The minimum absolute atomic E-state index is 0.125. The Morgan fingerprint density at radius 1 is 0.833 bits per heavy atom. The van der Waals surface area contributed by atoms with Gasteiger partial charge in [0, 0.05) is 25.9 Å². The van der Waals surface area contributed by atoms with Gasteiger partial charge in [-0.15, -0.1) is 0 Å². The topological polar surface area (TPSA) is 156 Å². The van der Waals surface area contributed by atoms with E-state index in [1.165, 1.54) is 4.90 Å². The van der Waals surface area contributed by atoms with E-state index in [-0.39, 0.29) is 31.0 Å². The number of carbonyl (C=O) groups is 5. The first-order chi connectivity index (χ1) is 20.2. The van der Waals surface area contributed by atoms with Crippen molar-refractivity contribution in [1.29, 1.82) is 0 Å². The summed E-state index contributed by atoms with van der Waals surface area (Å²) in [6.45, 7) is 0.399. The van der Waals surface area contributed by atoms with Crippen molar-refractivity contribution in [1.82, 2.24) is 20.4 Å². The number of nitrogens with zero attached hydrogens (tertiary/aromatic N) is 2. The number of likely N-dealkylation sites (tertiary alicyclic amines) is 2. The highest BCUT2D eigenvalue weighted by Gasteiger charge is 2.37. The molecule has 4 rings (SSSR count). The smallest absolute Gasteiger partial charge is 0.326 e. The van der Waals surface area contributed by atoms with Crippen molar-refractivity contribution in [3.8, 4) is 5.75 Å². The number of amides is 4. The summed E-state index contributed by atoms with van der Waals surface area (Å²) < 4.78 is 0. The Labute approximate surface area is 244 Å². The van der Waals surface area contributed by atoms with E-state index in [1.54, 1.807) is 17.0 Å². The number of benzene rings is 2. The van der Waals surface area contributed by atoms with E-state index < -0.39 is 41.8 Å². The lowest BCUT2D eigenvalue weighted by atomic mass is 10.0. The highest BCUT2D eigenvalue weighted by atomic mass is 16.4. The molecule has 0 spiro atoms. The van der Waals surface area contributed by atoms with Crippen molar-refractivity contribution < 1.29 is 34.2 Å². The predicted molar refractivity (Wildman–Crippen MR) is 153 cm³/mol. The third-order valence-corrected chi connectivity index (χ3v) is 7.86. The summed E-state index contributed by atoms with van der Waals surface area (Å²) in [4.78, 5) is 66.7. The van der Waals surface area contributed by atoms with Gasteiger partial charge in [-0.05, 0) is 61.8 Å². The first-order valence-corrected chi connectivity index (χ1v) is 14.4. The molecule has 2 saturated heterocycles. The van der Waals surface area contributed by atoms with E-state index in [0.717, 1.165) is 11.1 Å². The van der Waals surface area contributed by atoms with E-state index in [9.17, 15) is 34.2 Å². The summed E-state index contributed by atoms with van der Waals surface area (Å²) in [6.07, 6.45) is 3.83. The van der Waals surface area contributed by atoms with Crippen LogP contribution in [0, 0.1) is 0 Å². The second-order valence-corrected chi connectivity index (χ2v) is 10.8. The second-order valence-electron chi connectivity index (χ2n) is 10.8. The number of aliphatic carboxylic acids is 1. The fraction of sp³-hybridized carbons (Fsp3) is 0.452. The Kier molecular flexibility index (Phi) is 10.5. The van der Waals surface area contributed by atoms with Crippen molar-refractivity contribution in [3.05, 3.63) is 65.7 Å². The van der Waals surface area contributed by atoms with Crippen LogP contribution in [-0.4, -0.2) is 87.4 Å². The summed E-state index contributed by atoms with van der Waals surface area (Å²) in [5.74, 6) is -2.48.